The first-order valence-electron chi connectivity index (χ1n) is 5.50. The van der Waals surface area contributed by atoms with Gasteiger partial charge in [0.05, 0.1) is 19.3 Å². The molecule has 0 aromatic carbocycles. The van der Waals surface area contributed by atoms with Crippen molar-refractivity contribution in [2.24, 2.45) is 17.3 Å². The van der Waals surface area contributed by atoms with Crippen molar-refractivity contribution in [2.45, 2.75) is 33.3 Å². The lowest BCUT2D eigenvalue weighted by Gasteiger charge is -2.49. The highest BCUT2D eigenvalue weighted by Crippen LogP contribution is 2.47. The molecule has 1 aliphatic carbocycles. The molecule has 1 aliphatic heterocycles. The van der Waals surface area contributed by atoms with Crippen LogP contribution in [0.4, 0.5) is 0 Å². The van der Waals surface area contributed by atoms with Gasteiger partial charge in [-0.05, 0) is 26.2 Å². The van der Waals surface area contributed by atoms with Gasteiger partial charge in [0.25, 0.3) is 0 Å². The van der Waals surface area contributed by atoms with Gasteiger partial charge in [-0.2, -0.15) is 0 Å². The average Bonchev–Trinajstić information content (AvgIpc) is 2.17. The summed E-state index contributed by atoms with van der Waals surface area (Å²) in [5.74, 6) is 0.961. The fourth-order valence-corrected chi connectivity index (χ4v) is 2.87. The summed E-state index contributed by atoms with van der Waals surface area (Å²) >= 11 is 0. The zero-order chi connectivity index (χ0) is 10.3. The van der Waals surface area contributed by atoms with Crippen LogP contribution in [0.2, 0.25) is 0 Å². The molecule has 0 radical (unpaired) electrons. The summed E-state index contributed by atoms with van der Waals surface area (Å²) < 4.78 is 5.78. The molecule has 2 bridgehead atoms. The van der Waals surface area contributed by atoms with Crippen molar-refractivity contribution in [2.75, 3.05) is 13.2 Å². The third-order valence-corrected chi connectivity index (χ3v) is 4.21. The highest BCUT2D eigenvalue weighted by molar-refractivity contribution is 5.17. The van der Waals surface area contributed by atoms with Gasteiger partial charge in [-0.15, -0.1) is 0 Å². The van der Waals surface area contributed by atoms with Gasteiger partial charge in [-0.1, -0.05) is 18.6 Å². The normalized spacial score (nSPS) is 47.4. The summed E-state index contributed by atoms with van der Waals surface area (Å²) in [7, 11) is 0. The van der Waals surface area contributed by atoms with E-state index in [1.807, 2.05) is 0 Å². The van der Waals surface area contributed by atoms with Crippen molar-refractivity contribution in [1.29, 1.82) is 0 Å². The minimum Gasteiger partial charge on any atom is -0.396 e. The monoisotopic (exact) mass is 196 g/mol. The van der Waals surface area contributed by atoms with Crippen LogP contribution in [-0.4, -0.2) is 24.4 Å². The molecule has 1 saturated heterocycles. The SMILES string of the molecule is CC1=CC(C)[C@@]2(CO)COC(C)[C@H]1C2. The molecule has 0 spiro atoms. The molecule has 2 nitrogen and oxygen atoms in total. The van der Waals surface area contributed by atoms with Gasteiger partial charge in [-0.25, -0.2) is 0 Å². The van der Waals surface area contributed by atoms with E-state index in [1.54, 1.807) is 0 Å². The van der Waals surface area contributed by atoms with E-state index >= 15 is 0 Å². The Hall–Kier alpha value is -0.340. The highest BCUT2D eigenvalue weighted by Gasteiger charge is 2.46. The lowest BCUT2D eigenvalue weighted by Crippen LogP contribution is -2.49. The van der Waals surface area contributed by atoms with Gasteiger partial charge < -0.3 is 9.84 Å². The third kappa shape index (κ3) is 1.32. The van der Waals surface area contributed by atoms with E-state index in [4.69, 9.17) is 4.74 Å². The molecule has 2 aliphatic rings. The maximum absolute atomic E-state index is 9.53. The Kier molecular flexibility index (Phi) is 2.44. The summed E-state index contributed by atoms with van der Waals surface area (Å²) in [6.45, 7) is 7.48. The van der Waals surface area contributed by atoms with Crippen LogP contribution in [0.5, 0.6) is 0 Å². The van der Waals surface area contributed by atoms with Gasteiger partial charge >= 0.3 is 0 Å². The number of aliphatic hydroxyl groups is 1. The molecule has 0 amide bonds. The minimum atomic E-state index is -0.00329. The standard InChI is InChI=1S/C12H20O2/c1-8-4-9(2)12(6-13)5-11(8)10(3)14-7-12/h4,9-11,13H,5-7H2,1-3H3/t9?,10?,11-,12-/m0/s1. The number of rotatable bonds is 1. The molecule has 80 valence electrons. The van der Waals surface area contributed by atoms with Crippen LogP contribution < -0.4 is 0 Å². The second-order valence-corrected chi connectivity index (χ2v) is 5.05. The molecule has 1 heterocycles. The highest BCUT2D eigenvalue weighted by atomic mass is 16.5. The van der Waals surface area contributed by atoms with Crippen LogP contribution >= 0.6 is 0 Å². The number of hydrogen-bond acceptors (Lipinski definition) is 2. The van der Waals surface area contributed by atoms with E-state index in [0.717, 1.165) is 6.42 Å². The Labute approximate surface area is 86.0 Å². The molecular weight excluding hydrogens is 176 g/mol. The summed E-state index contributed by atoms with van der Waals surface area (Å²) in [6.07, 6.45) is 3.73. The second kappa shape index (κ2) is 3.35. The molecule has 0 aromatic heterocycles. The Morgan fingerprint density at radius 2 is 2.29 bits per heavy atom. The van der Waals surface area contributed by atoms with E-state index in [1.165, 1.54) is 5.57 Å². The Morgan fingerprint density at radius 1 is 1.57 bits per heavy atom. The van der Waals surface area contributed by atoms with Crippen molar-refractivity contribution in [3.05, 3.63) is 11.6 Å². The molecule has 14 heavy (non-hydrogen) atoms. The summed E-state index contributed by atoms with van der Waals surface area (Å²) in [4.78, 5) is 0. The molecule has 2 unspecified atom stereocenters. The lowest BCUT2D eigenvalue weighted by molar-refractivity contribution is -0.121. The van der Waals surface area contributed by atoms with Crippen LogP contribution in [0.3, 0.4) is 0 Å². The first kappa shape index (κ1) is 10.2. The smallest absolute Gasteiger partial charge is 0.0612 e. The van der Waals surface area contributed by atoms with Crippen molar-refractivity contribution in [3.8, 4) is 0 Å². The first-order chi connectivity index (χ1) is 6.59. The maximum Gasteiger partial charge on any atom is 0.0612 e. The average molecular weight is 196 g/mol. The largest absolute Gasteiger partial charge is 0.396 e. The summed E-state index contributed by atoms with van der Waals surface area (Å²) in [5.41, 5.74) is 1.44. The number of hydrogen-bond donors (Lipinski definition) is 1. The van der Waals surface area contributed by atoms with E-state index in [-0.39, 0.29) is 12.0 Å². The van der Waals surface area contributed by atoms with E-state index in [9.17, 15) is 5.11 Å². The first-order valence-corrected chi connectivity index (χ1v) is 5.50. The molecule has 0 saturated carbocycles. The fraction of sp³-hybridized carbons (Fsp3) is 0.833. The minimum absolute atomic E-state index is 0.00329. The molecule has 1 fully saturated rings. The molecular formula is C12H20O2. The second-order valence-electron chi connectivity index (χ2n) is 5.05. The Bertz CT molecular complexity index is 259. The van der Waals surface area contributed by atoms with Gasteiger partial charge in [0.1, 0.15) is 0 Å². The number of aliphatic hydroxyl groups excluding tert-OH is 1. The van der Waals surface area contributed by atoms with Gasteiger partial charge in [0.15, 0.2) is 0 Å². The van der Waals surface area contributed by atoms with E-state index in [2.05, 4.69) is 26.8 Å². The van der Waals surface area contributed by atoms with Gasteiger partial charge in [0.2, 0.25) is 0 Å². The molecule has 2 heteroatoms. The van der Waals surface area contributed by atoms with Crippen LogP contribution in [0.25, 0.3) is 0 Å². The topological polar surface area (TPSA) is 29.5 Å². The van der Waals surface area contributed by atoms with Crippen molar-refractivity contribution in [3.63, 3.8) is 0 Å². The van der Waals surface area contributed by atoms with Crippen molar-refractivity contribution < 1.29 is 9.84 Å². The van der Waals surface area contributed by atoms with Crippen molar-refractivity contribution >= 4 is 0 Å². The molecule has 2 rings (SSSR count). The zero-order valence-electron chi connectivity index (χ0n) is 9.29. The molecule has 4 atom stereocenters. The molecule has 1 N–H and O–H groups in total. The Balaban J connectivity index is 2.33. The predicted molar refractivity (Wildman–Crippen MR) is 56.0 cm³/mol. The number of ether oxygens (including phenoxy) is 1. The van der Waals surface area contributed by atoms with Crippen LogP contribution in [0.15, 0.2) is 11.6 Å². The van der Waals surface area contributed by atoms with Crippen LogP contribution in [0, 0.1) is 17.3 Å². The van der Waals surface area contributed by atoms with E-state index < -0.39 is 0 Å². The van der Waals surface area contributed by atoms with E-state index in [0.29, 0.717) is 24.5 Å². The quantitative estimate of drug-likeness (QED) is 0.650. The zero-order valence-corrected chi connectivity index (χ0v) is 9.29. The van der Waals surface area contributed by atoms with Gasteiger partial charge in [0, 0.05) is 11.3 Å². The summed E-state index contributed by atoms with van der Waals surface area (Å²) in [6, 6.07) is 0. The summed E-state index contributed by atoms with van der Waals surface area (Å²) in [5, 5.41) is 9.53. The maximum atomic E-state index is 9.53. The lowest BCUT2D eigenvalue weighted by atomic mass is 9.63. The fourth-order valence-electron chi connectivity index (χ4n) is 2.87. The Morgan fingerprint density at radius 3 is 2.93 bits per heavy atom. The van der Waals surface area contributed by atoms with Crippen molar-refractivity contribution in [1.82, 2.24) is 0 Å². The predicted octanol–water partition coefficient (Wildman–Crippen LogP) is 1.99. The number of fused-ring (bicyclic) bond motifs is 2. The number of allylic oxidation sites excluding steroid dienone is 1. The third-order valence-electron chi connectivity index (χ3n) is 4.21. The molecule has 0 aromatic rings. The van der Waals surface area contributed by atoms with Crippen LogP contribution in [0.1, 0.15) is 27.2 Å². The van der Waals surface area contributed by atoms with Crippen LogP contribution in [-0.2, 0) is 4.74 Å². The van der Waals surface area contributed by atoms with Gasteiger partial charge in [-0.3, -0.25) is 0 Å².